The molecule has 1 aromatic carbocycles. The van der Waals surface area contributed by atoms with Gasteiger partial charge in [-0.2, -0.15) is 5.26 Å². The van der Waals surface area contributed by atoms with Crippen LogP contribution in [0.4, 0.5) is 4.39 Å². The molecule has 1 rings (SSSR count). The Morgan fingerprint density at radius 3 is 2.67 bits per heavy atom. The van der Waals surface area contributed by atoms with Crippen LogP contribution < -0.4 is 0 Å². The molecule has 1 nitrogen and oxygen atoms in total. The molecule has 0 fully saturated rings. The summed E-state index contributed by atoms with van der Waals surface area (Å²) in [5, 5.41) is 8.47. The van der Waals surface area contributed by atoms with Crippen LogP contribution >= 0.6 is 23.8 Å². The average Bonchev–Trinajstić information content (AvgIpc) is 2.03. The van der Waals surface area contributed by atoms with Crippen LogP contribution in [0.5, 0.6) is 0 Å². The zero-order valence-corrected chi connectivity index (χ0v) is 7.42. The van der Waals surface area contributed by atoms with Gasteiger partial charge in [-0.1, -0.05) is 23.8 Å². The number of hydrogen-bond donors (Lipinski definition) is 0. The number of halogens is 2. The standard InChI is InChI=1S/C8H3ClFNS/c9-8(12)6-1-5(4-11)2-7(10)3-6/h1-3H. The van der Waals surface area contributed by atoms with Crippen molar-refractivity contribution in [2.24, 2.45) is 0 Å². The van der Waals surface area contributed by atoms with Gasteiger partial charge in [0.1, 0.15) is 10.1 Å². The van der Waals surface area contributed by atoms with Crippen LogP contribution in [-0.2, 0) is 0 Å². The van der Waals surface area contributed by atoms with Gasteiger partial charge in [-0.25, -0.2) is 4.39 Å². The van der Waals surface area contributed by atoms with Crippen molar-refractivity contribution < 1.29 is 4.39 Å². The van der Waals surface area contributed by atoms with Crippen molar-refractivity contribution in [1.29, 1.82) is 5.26 Å². The van der Waals surface area contributed by atoms with Crippen LogP contribution in [0, 0.1) is 17.1 Å². The smallest absolute Gasteiger partial charge is 0.125 e. The fourth-order valence-corrected chi connectivity index (χ4v) is 0.995. The molecular formula is C8H3ClFNS. The molecule has 0 heterocycles. The van der Waals surface area contributed by atoms with E-state index in [9.17, 15) is 4.39 Å². The molecule has 0 N–H and O–H groups in total. The van der Waals surface area contributed by atoms with Gasteiger partial charge in [0.2, 0.25) is 0 Å². The lowest BCUT2D eigenvalue weighted by molar-refractivity contribution is 0.627. The Balaban J connectivity index is 3.26. The van der Waals surface area contributed by atoms with Crippen molar-refractivity contribution >= 4 is 28.1 Å². The van der Waals surface area contributed by atoms with Crippen LogP contribution in [-0.4, -0.2) is 4.32 Å². The summed E-state index contributed by atoms with van der Waals surface area (Å²) in [4.78, 5) is 0. The van der Waals surface area contributed by atoms with Crippen molar-refractivity contribution in [3.8, 4) is 6.07 Å². The number of hydrogen-bond acceptors (Lipinski definition) is 2. The Hall–Kier alpha value is -0.980. The summed E-state index contributed by atoms with van der Waals surface area (Å²) in [6.07, 6.45) is 0. The zero-order valence-electron chi connectivity index (χ0n) is 5.84. The molecule has 0 spiro atoms. The van der Waals surface area contributed by atoms with Gasteiger partial charge in [0.05, 0.1) is 11.6 Å². The SMILES string of the molecule is N#Cc1cc(F)cc(C(=S)Cl)c1. The third-order valence-electron chi connectivity index (χ3n) is 1.25. The third kappa shape index (κ3) is 2.00. The summed E-state index contributed by atoms with van der Waals surface area (Å²) in [6.45, 7) is 0. The highest BCUT2D eigenvalue weighted by Gasteiger charge is 2.02. The Morgan fingerprint density at radius 2 is 2.17 bits per heavy atom. The van der Waals surface area contributed by atoms with Crippen molar-refractivity contribution in [2.75, 3.05) is 0 Å². The number of rotatable bonds is 1. The van der Waals surface area contributed by atoms with E-state index in [0.717, 1.165) is 6.07 Å². The monoisotopic (exact) mass is 199 g/mol. The average molecular weight is 200 g/mol. The van der Waals surface area contributed by atoms with Crippen LogP contribution in [0.2, 0.25) is 0 Å². The quantitative estimate of drug-likeness (QED) is 0.513. The highest BCUT2D eigenvalue weighted by atomic mass is 35.5. The first kappa shape index (κ1) is 9.11. The largest absolute Gasteiger partial charge is 0.207 e. The van der Waals surface area contributed by atoms with Gasteiger partial charge < -0.3 is 0 Å². The summed E-state index contributed by atoms with van der Waals surface area (Å²) in [6, 6.07) is 5.56. The number of nitrogens with zero attached hydrogens (tertiary/aromatic N) is 1. The van der Waals surface area contributed by atoms with E-state index in [1.54, 1.807) is 6.07 Å². The van der Waals surface area contributed by atoms with E-state index in [1.807, 2.05) is 0 Å². The maximum atomic E-state index is 12.7. The first-order valence-corrected chi connectivity index (χ1v) is 3.82. The van der Waals surface area contributed by atoms with Gasteiger partial charge in [-0.15, -0.1) is 0 Å². The summed E-state index contributed by atoms with van der Waals surface area (Å²) >= 11 is 10.1. The molecule has 0 amide bonds. The predicted octanol–water partition coefficient (Wildman–Crippen LogP) is 2.61. The number of thiocarbonyl (C=S) groups is 1. The third-order valence-corrected chi connectivity index (χ3v) is 1.71. The first-order chi connectivity index (χ1) is 5.63. The highest BCUT2D eigenvalue weighted by molar-refractivity contribution is 7.83. The summed E-state index contributed by atoms with van der Waals surface area (Å²) in [5.41, 5.74) is 0.580. The van der Waals surface area contributed by atoms with Gasteiger partial charge in [-0.05, 0) is 18.2 Å². The molecule has 0 saturated carbocycles. The summed E-state index contributed by atoms with van der Waals surface area (Å²) in [5.74, 6) is -0.507. The lowest BCUT2D eigenvalue weighted by Crippen LogP contribution is -1.90. The molecular weight excluding hydrogens is 197 g/mol. The van der Waals surface area contributed by atoms with Gasteiger partial charge in [-0.3, -0.25) is 0 Å². The Bertz CT molecular complexity index is 370. The minimum atomic E-state index is -0.507. The molecule has 0 bridgehead atoms. The van der Waals surface area contributed by atoms with Gasteiger partial charge >= 0.3 is 0 Å². The van der Waals surface area contributed by atoms with E-state index in [0.29, 0.717) is 5.56 Å². The molecule has 0 aliphatic rings. The fourth-order valence-electron chi connectivity index (χ4n) is 0.768. The molecule has 1 aromatic rings. The summed E-state index contributed by atoms with van der Waals surface area (Å²) < 4.78 is 12.8. The second-order valence-electron chi connectivity index (χ2n) is 2.11. The fraction of sp³-hybridized carbons (Fsp3) is 0. The Morgan fingerprint density at radius 1 is 1.50 bits per heavy atom. The van der Waals surface area contributed by atoms with E-state index in [2.05, 4.69) is 12.2 Å². The summed E-state index contributed by atoms with van der Waals surface area (Å²) in [7, 11) is 0. The van der Waals surface area contributed by atoms with Gasteiger partial charge in [0.25, 0.3) is 0 Å². The van der Waals surface area contributed by atoms with Crippen LogP contribution in [0.3, 0.4) is 0 Å². The molecule has 0 aliphatic carbocycles. The normalized spacial score (nSPS) is 9.08. The lowest BCUT2D eigenvalue weighted by Gasteiger charge is -1.96. The second-order valence-corrected chi connectivity index (χ2v) is 3.12. The zero-order chi connectivity index (χ0) is 9.14. The molecule has 0 aromatic heterocycles. The van der Waals surface area contributed by atoms with E-state index in [4.69, 9.17) is 16.9 Å². The maximum Gasteiger partial charge on any atom is 0.125 e. The molecule has 60 valence electrons. The van der Waals surface area contributed by atoms with Crippen LogP contribution in [0.1, 0.15) is 11.1 Å². The molecule has 0 atom stereocenters. The molecule has 0 aliphatic heterocycles. The van der Waals surface area contributed by atoms with E-state index >= 15 is 0 Å². The predicted molar refractivity (Wildman–Crippen MR) is 48.7 cm³/mol. The second kappa shape index (κ2) is 3.61. The molecule has 12 heavy (non-hydrogen) atoms. The molecule has 0 saturated heterocycles. The van der Waals surface area contributed by atoms with Gasteiger partial charge in [0.15, 0.2) is 0 Å². The lowest BCUT2D eigenvalue weighted by atomic mass is 10.1. The van der Waals surface area contributed by atoms with Gasteiger partial charge in [0, 0.05) is 5.56 Å². The van der Waals surface area contributed by atoms with Crippen molar-refractivity contribution in [3.63, 3.8) is 0 Å². The Labute approximate surface area is 79.4 Å². The van der Waals surface area contributed by atoms with Crippen molar-refractivity contribution in [3.05, 3.63) is 35.1 Å². The van der Waals surface area contributed by atoms with E-state index in [1.165, 1.54) is 12.1 Å². The Kier molecular flexibility index (Phi) is 2.74. The minimum absolute atomic E-state index is 0.0611. The first-order valence-electron chi connectivity index (χ1n) is 3.04. The van der Waals surface area contributed by atoms with Crippen molar-refractivity contribution in [1.82, 2.24) is 0 Å². The molecule has 0 radical (unpaired) electrons. The topological polar surface area (TPSA) is 23.8 Å². The van der Waals surface area contributed by atoms with Crippen molar-refractivity contribution in [2.45, 2.75) is 0 Å². The molecule has 0 unspecified atom stereocenters. The minimum Gasteiger partial charge on any atom is -0.207 e. The van der Waals surface area contributed by atoms with E-state index < -0.39 is 5.82 Å². The van der Waals surface area contributed by atoms with E-state index in [-0.39, 0.29) is 9.89 Å². The molecule has 4 heteroatoms. The highest BCUT2D eigenvalue weighted by Crippen LogP contribution is 2.11. The maximum absolute atomic E-state index is 12.7. The van der Waals surface area contributed by atoms with Crippen LogP contribution in [0.15, 0.2) is 18.2 Å². The number of benzene rings is 1. The number of nitriles is 1. The van der Waals surface area contributed by atoms with Crippen LogP contribution in [0.25, 0.3) is 0 Å².